The second-order valence-electron chi connectivity index (χ2n) is 6.80. The minimum absolute atomic E-state index is 0. The Labute approximate surface area is 155 Å². The summed E-state index contributed by atoms with van der Waals surface area (Å²) in [5.74, 6) is 1.51. The van der Waals surface area contributed by atoms with E-state index in [1.807, 2.05) is 25.2 Å². The molecule has 2 saturated heterocycles. The van der Waals surface area contributed by atoms with E-state index in [4.69, 9.17) is 16.3 Å². The van der Waals surface area contributed by atoms with Crippen molar-refractivity contribution in [3.63, 3.8) is 0 Å². The summed E-state index contributed by atoms with van der Waals surface area (Å²) in [6, 6.07) is 8.62. The molecule has 1 aromatic carbocycles. The van der Waals surface area contributed by atoms with Gasteiger partial charge in [-0.15, -0.1) is 12.4 Å². The highest BCUT2D eigenvalue weighted by molar-refractivity contribution is 6.30. The number of halogens is 2. The van der Waals surface area contributed by atoms with E-state index in [1.165, 1.54) is 12.8 Å². The maximum atomic E-state index is 12.4. The second-order valence-corrected chi connectivity index (χ2v) is 7.24. The van der Waals surface area contributed by atoms with Gasteiger partial charge in [-0.3, -0.25) is 4.79 Å². The van der Waals surface area contributed by atoms with Crippen LogP contribution < -0.4 is 10.1 Å². The van der Waals surface area contributed by atoms with Crippen molar-refractivity contribution in [2.75, 3.05) is 20.2 Å². The lowest BCUT2D eigenvalue weighted by Gasteiger charge is -2.30. The number of benzene rings is 1. The van der Waals surface area contributed by atoms with Crippen LogP contribution in [0, 0.1) is 5.92 Å². The Bertz CT molecular complexity index is 544. The first kappa shape index (κ1) is 19.4. The number of nitrogens with one attached hydrogen (secondary N) is 1. The SMILES string of the molecule is CN(CCOc1cccc(Cl)c1)C(=O)CC1CC2CCC(C1)N2.Cl. The first-order valence-corrected chi connectivity index (χ1v) is 8.86. The summed E-state index contributed by atoms with van der Waals surface area (Å²) in [6.45, 7) is 1.09. The third-order valence-electron chi connectivity index (χ3n) is 4.95. The Hall–Kier alpha value is -0.970. The standard InChI is InChI=1S/C18H25ClN2O2.ClH/c1-21(7-8-23-17-4-2-3-14(19)12-17)18(22)11-13-9-15-5-6-16(10-13)20-15;/h2-4,12-13,15-16,20H,5-11H2,1H3;1H. The predicted molar refractivity (Wildman–Crippen MR) is 99.1 cm³/mol. The summed E-state index contributed by atoms with van der Waals surface area (Å²) in [5, 5.41) is 4.28. The summed E-state index contributed by atoms with van der Waals surface area (Å²) in [4.78, 5) is 14.2. The van der Waals surface area contributed by atoms with Crippen molar-refractivity contribution in [3.8, 4) is 5.75 Å². The summed E-state index contributed by atoms with van der Waals surface area (Å²) in [7, 11) is 1.86. The highest BCUT2D eigenvalue weighted by Crippen LogP contribution is 2.32. The summed E-state index contributed by atoms with van der Waals surface area (Å²) >= 11 is 5.92. The molecule has 2 fully saturated rings. The van der Waals surface area contributed by atoms with E-state index in [-0.39, 0.29) is 18.3 Å². The van der Waals surface area contributed by atoms with Crippen LogP contribution in [0.2, 0.25) is 5.02 Å². The van der Waals surface area contributed by atoms with E-state index >= 15 is 0 Å². The van der Waals surface area contributed by atoms with Gasteiger partial charge in [0.2, 0.25) is 5.91 Å². The molecule has 134 valence electrons. The third kappa shape index (κ3) is 5.27. The van der Waals surface area contributed by atoms with Crippen LogP contribution in [0.3, 0.4) is 0 Å². The lowest BCUT2D eigenvalue weighted by molar-refractivity contribution is -0.131. The molecule has 6 heteroatoms. The molecule has 2 bridgehead atoms. The van der Waals surface area contributed by atoms with Crippen LogP contribution in [0.4, 0.5) is 0 Å². The second kappa shape index (κ2) is 8.93. The Balaban J connectivity index is 0.00000208. The van der Waals surface area contributed by atoms with E-state index in [9.17, 15) is 4.79 Å². The molecule has 2 atom stereocenters. The molecule has 2 heterocycles. The third-order valence-corrected chi connectivity index (χ3v) is 5.19. The zero-order valence-corrected chi connectivity index (χ0v) is 15.6. The number of carbonyl (C=O) groups excluding carboxylic acids is 1. The number of nitrogens with zero attached hydrogens (tertiary/aromatic N) is 1. The Morgan fingerprint density at radius 3 is 2.71 bits per heavy atom. The van der Waals surface area contributed by atoms with Crippen LogP contribution in [0.25, 0.3) is 0 Å². The smallest absolute Gasteiger partial charge is 0.222 e. The van der Waals surface area contributed by atoms with E-state index in [2.05, 4.69) is 5.32 Å². The van der Waals surface area contributed by atoms with Crippen LogP contribution in [-0.2, 0) is 4.79 Å². The quantitative estimate of drug-likeness (QED) is 0.830. The zero-order valence-electron chi connectivity index (χ0n) is 14.0. The van der Waals surface area contributed by atoms with Crippen molar-refractivity contribution in [1.82, 2.24) is 10.2 Å². The molecule has 2 aliphatic heterocycles. The minimum atomic E-state index is 0. The van der Waals surface area contributed by atoms with Crippen molar-refractivity contribution < 1.29 is 9.53 Å². The molecule has 24 heavy (non-hydrogen) atoms. The summed E-state index contributed by atoms with van der Waals surface area (Å²) in [5.41, 5.74) is 0. The van der Waals surface area contributed by atoms with Crippen molar-refractivity contribution in [2.24, 2.45) is 5.92 Å². The van der Waals surface area contributed by atoms with Crippen LogP contribution in [-0.4, -0.2) is 43.1 Å². The molecule has 1 N–H and O–H groups in total. The average Bonchev–Trinajstić information content (AvgIpc) is 2.86. The van der Waals surface area contributed by atoms with Gasteiger partial charge in [0.15, 0.2) is 0 Å². The highest BCUT2D eigenvalue weighted by atomic mass is 35.5. The molecule has 0 saturated carbocycles. The lowest BCUT2D eigenvalue weighted by atomic mass is 9.89. The number of amides is 1. The Morgan fingerprint density at radius 2 is 2.04 bits per heavy atom. The summed E-state index contributed by atoms with van der Waals surface area (Å²) in [6.07, 6.45) is 5.52. The van der Waals surface area contributed by atoms with Gasteiger partial charge in [0.1, 0.15) is 12.4 Å². The van der Waals surface area contributed by atoms with Gasteiger partial charge < -0.3 is 15.0 Å². The number of fused-ring (bicyclic) bond motifs is 2. The van der Waals surface area contributed by atoms with Crippen LogP contribution in [0.1, 0.15) is 32.1 Å². The molecule has 0 radical (unpaired) electrons. The summed E-state index contributed by atoms with van der Waals surface area (Å²) < 4.78 is 5.65. The largest absolute Gasteiger partial charge is 0.492 e. The van der Waals surface area contributed by atoms with Crippen molar-refractivity contribution in [2.45, 2.75) is 44.2 Å². The molecule has 1 aromatic rings. The molecule has 2 unspecified atom stereocenters. The molecule has 3 rings (SSSR count). The van der Waals surface area contributed by atoms with Crippen molar-refractivity contribution in [3.05, 3.63) is 29.3 Å². The van der Waals surface area contributed by atoms with Crippen LogP contribution in [0.15, 0.2) is 24.3 Å². The highest BCUT2D eigenvalue weighted by Gasteiger charge is 2.34. The predicted octanol–water partition coefficient (Wildman–Crippen LogP) is 3.52. The van der Waals surface area contributed by atoms with Crippen molar-refractivity contribution >= 4 is 29.9 Å². The number of piperidine rings is 1. The molecule has 4 nitrogen and oxygen atoms in total. The van der Waals surface area contributed by atoms with E-state index in [0.717, 1.165) is 18.6 Å². The first-order valence-electron chi connectivity index (χ1n) is 8.48. The van der Waals surface area contributed by atoms with Crippen molar-refractivity contribution in [1.29, 1.82) is 0 Å². The fourth-order valence-electron chi connectivity index (χ4n) is 3.73. The van der Waals surface area contributed by atoms with Gasteiger partial charge >= 0.3 is 0 Å². The number of carbonyl (C=O) groups is 1. The van der Waals surface area contributed by atoms with Gasteiger partial charge in [0.25, 0.3) is 0 Å². The minimum Gasteiger partial charge on any atom is -0.492 e. The lowest BCUT2D eigenvalue weighted by Crippen LogP contribution is -2.40. The maximum absolute atomic E-state index is 12.4. The number of ether oxygens (including phenoxy) is 1. The van der Waals surface area contributed by atoms with Crippen LogP contribution in [0.5, 0.6) is 5.75 Å². The molecule has 0 aromatic heterocycles. The molecular formula is C18H26Cl2N2O2. The zero-order chi connectivity index (χ0) is 16.2. The number of rotatable bonds is 6. The van der Waals surface area contributed by atoms with Crippen LogP contribution >= 0.6 is 24.0 Å². The molecule has 2 aliphatic rings. The Morgan fingerprint density at radius 1 is 1.33 bits per heavy atom. The molecule has 0 spiro atoms. The normalized spacial score (nSPS) is 25.0. The van der Waals surface area contributed by atoms with Gasteiger partial charge in [-0.05, 0) is 49.8 Å². The van der Waals surface area contributed by atoms with E-state index in [1.54, 1.807) is 11.0 Å². The first-order chi connectivity index (χ1) is 11.1. The fourth-order valence-corrected chi connectivity index (χ4v) is 3.91. The van der Waals surface area contributed by atoms with Gasteiger partial charge in [0.05, 0.1) is 6.54 Å². The van der Waals surface area contributed by atoms with E-state index in [0.29, 0.717) is 42.6 Å². The number of hydrogen-bond donors (Lipinski definition) is 1. The van der Waals surface area contributed by atoms with Gasteiger partial charge in [-0.2, -0.15) is 0 Å². The van der Waals surface area contributed by atoms with Gasteiger partial charge in [-0.1, -0.05) is 17.7 Å². The molecular weight excluding hydrogens is 347 g/mol. The number of hydrogen-bond acceptors (Lipinski definition) is 3. The maximum Gasteiger partial charge on any atom is 0.222 e. The molecule has 0 aliphatic carbocycles. The monoisotopic (exact) mass is 372 g/mol. The average molecular weight is 373 g/mol. The van der Waals surface area contributed by atoms with Gasteiger partial charge in [-0.25, -0.2) is 0 Å². The van der Waals surface area contributed by atoms with E-state index < -0.39 is 0 Å². The Kier molecular flexibility index (Phi) is 7.20. The number of likely N-dealkylation sites (N-methyl/N-ethyl adjacent to an activating group) is 1. The fraction of sp³-hybridized carbons (Fsp3) is 0.611. The molecule has 1 amide bonds. The topological polar surface area (TPSA) is 41.6 Å². The van der Waals surface area contributed by atoms with Gasteiger partial charge in [0, 0.05) is 30.6 Å².